The van der Waals surface area contributed by atoms with Gasteiger partial charge in [-0.2, -0.15) is 4.31 Å². The van der Waals surface area contributed by atoms with E-state index in [4.69, 9.17) is 9.47 Å². The molecule has 8 nitrogen and oxygen atoms in total. The molecule has 0 N–H and O–H groups in total. The van der Waals surface area contributed by atoms with E-state index >= 15 is 0 Å². The van der Waals surface area contributed by atoms with Crippen LogP contribution in [0.15, 0.2) is 23.1 Å². The molecule has 0 radical (unpaired) electrons. The molecule has 1 aromatic carbocycles. The van der Waals surface area contributed by atoms with Gasteiger partial charge in [-0.3, -0.25) is 4.79 Å². The standard InChI is InChI=1S/C24H35N3O5S/c28-23(26-15-9-24(10-16-26)31-17-18-32-24)20-7-8-21(25-11-3-1-4-12-25)22(19-20)33(29,30)27-13-5-2-6-14-27/h7-8,19H,1-6,9-18H2. The molecule has 0 aromatic heterocycles. The van der Waals surface area contributed by atoms with Gasteiger partial charge in [0.15, 0.2) is 5.79 Å². The molecule has 33 heavy (non-hydrogen) atoms. The SMILES string of the molecule is O=C(c1ccc(N2CCCCC2)c(S(=O)(=O)N2CCCCC2)c1)N1CCC2(CC1)OCCO2. The highest BCUT2D eigenvalue weighted by Gasteiger charge is 2.41. The van der Waals surface area contributed by atoms with Crippen LogP contribution in [-0.4, -0.2) is 81.8 Å². The second-order valence-electron chi connectivity index (χ2n) is 9.59. The first kappa shape index (κ1) is 23.1. The molecule has 5 rings (SSSR count). The van der Waals surface area contributed by atoms with Crippen LogP contribution in [0.25, 0.3) is 0 Å². The first-order valence-electron chi connectivity index (χ1n) is 12.4. The highest BCUT2D eigenvalue weighted by Crippen LogP contribution is 2.34. The fourth-order valence-corrected chi connectivity index (χ4v) is 7.27. The molecule has 0 bridgehead atoms. The highest BCUT2D eigenvalue weighted by molar-refractivity contribution is 7.89. The van der Waals surface area contributed by atoms with Gasteiger partial charge in [-0.05, 0) is 50.3 Å². The molecule has 0 saturated carbocycles. The third-order valence-electron chi connectivity index (χ3n) is 7.46. The van der Waals surface area contributed by atoms with Crippen molar-refractivity contribution in [3.8, 4) is 0 Å². The zero-order chi connectivity index (χ0) is 22.9. The van der Waals surface area contributed by atoms with E-state index in [1.807, 2.05) is 6.07 Å². The predicted octanol–water partition coefficient (Wildman–Crippen LogP) is 2.83. The van der Waals surface area contributed by atoms with Gasteiger partial charge in [0.25, 0.3) is 5.91 Å². The van der Waals surface area contributed by atoms with Crippen molar-refractivity contribution in [2.75, 3.05) is 57.4 Å². The Morgan fingerprint density at radius 1 is 0.818 bits per heavy atom. The topological polar surface area (TPSA) is 79.4 Å². The van der Waals surface area contributed by atoms with E-state index in [0.29, 0.717) is 57.8 Å². The lowest BCUT2D eigenvalue weighted by atomic mass is 10.0. The third kappa shape index (κ3) is 4.65. The molecular formula is C24H35N3O5S. The van der Waals surface area contributed by atoms with Crippen molar-refractivity contribution >= 4 is 21.6 Å². The van der Waals surface area contributed by atoms with Gasteiger partial charge in [0.05, 0.1) is 18.9 Å². The van der Waals surface area contributed by atoms with Crippen LogP contribution in [0.3, 0.4) is 0 Å². The maximum Gasteiger partial charge on any atom is 0.253 e. The van der Waals surface area contributed by atoms with Crippen LogP contribution in [0.1, 0.15) is 61.7 Å². The van der Waals surface area contributed by atoms with Crippen LogP contribution in [0, 0.1) is 0 Å². The molecule has 182 valence electrons. The van der Waals surface area contributed by atoms with E-state index in [0.717, 1.165) is 50.9 Å². The Balaban J connectivity index is 1.42. The number of rotatable bonds is 4. The molecule has 4 aliphatic heterocycles. The van der Waals surface area contributed by atoms with Crippen molar-refractivity contribution in [2.24, 2.45) is 0 Å². The summed E-state index contributed by atoms with van der Waals surface area (Å²) in [5.74, 6) is -0.666. The monoisotopic (exact) mass is 477 g/mol. The number of carbonyl (C=O) groups excluding carboxylic acids is 1. The minimum Gasteiger partial charge on any atom is -0.370 e. The average molecular weight is 478 g/mol. The number of nitrogens with zero attached hydrogens (tertiary/aromatic N) is 3. The summed E-state index contributed by atoms with van der Waals surface area (Å²) in [6.07, 6.45) is 7.41. The van der Waals surface area contributed by atoms with E-state index < -0.39 is 15.8 Å². The summed E-state index contributed by atoms with van der Waals surface area (Å²) >= 11 is 0. The van der Waals surface area contributed by atoms with Gasteiger partial charge in [0.1, 0.15) is 4.90 Å². The Labute approximate surface area is 196 Å². The van der Waals surface area contributed by atoms with E-state index in [1.165, 1.54) is 6.42 Å². The summed E-state index contributed by atoms with van der Waals surface area (Å²) in [7, 11) is -3.67. The third-order valence-corrected chi connectivity index (χ3v) is 9.39. The van der Waals surface area contributed by atoms with Gasteiger partial charge in [0.2, 0.25) is 10.0 Å². The quantitative estimate of drug-likeness (QED) is 0.664. The number of likely N-dealkylation sites (tertiary alicyclic amines) is 1. The maximum absolute atomic E-state index is 13.7. The minimum absolute atomic E-state index is 0.122. The number of hydrogen-bond donors (Lipinski definition) is 0. The minimum atomic E-state index is -3.67. The summed E-state index contributed by atoms with van der Waals surface area (Å²) in [5, 5.41) is 0. The summed E-state index contributed by atoms with van der Waals surface area (Å²) in [6, 6.07) is 5.28. The van der Waals surface area contributed by atoms with Crippen molar-refractivity contribution in [3.05, 3.63) is 23.8 Å². The van der Waals surface area contributed by atoms with E-state index in [1.54, 1.807) is 21.3 Å². The van der Waals surface area contributed by atoms with Crippen molar-refractivity contribution in [1.29, 1.82) is 0 Å². The van der Waals surface area contributed by atoms with Crippen molar-refractivity contribution in [3.63, 3.8) is 0 Å². The Bertz CT molecular complexity index is 954. The van der Waals surface area contributed by atoms with Crippen molar-refractivity contribution in [2.45, 2.75) is 62.0 Å². The summed E-state index contributed by atoms with van der Waals surface area (Å²) in [4.78, 5) is 17.6. The molecule has 0 unspecified atom stereocenters. The Morgan fingerprint density at radius 2 is 1.42 bits per heavy atom. The van der Waals surface area contributed by atoms with Gasteiger partial charge in [0, 0.05) is 57.7 Å². The molecule has 9 heteroatoms. The van der Waals surface area contributed by atoms with Crippen molar-refractivity contribution < 1.29 is 22.7 Å². The molecule has 0 aliphatic carbocycles. The van der Waals surface area contributed by atoms with Gasteiger partial charge in [-0.1, -0.05) is 6.42 Å². The number of amides is 1. The predicted molar refractivity (Wildman–Crippen MR) is 125 cm³/mol. The number of benzene rings is 1. The van der Waals surface area contributed by atoms with Gasteiger partial charge in [-0.15, -0.1) is 0 Å². The second kappa shape index (κ2) is 9.52. The van der Waals surface area contributed by atoms with Crippen LogP contribution >= 0.6 is 0 Å². The van der Waals surface area contributed by atoms with E-state index in [-0.39, 0.29) is 10.8 Å². The number of anilines is 1. The second-order valence-corrected chi connectivity index (χ2v) is 11.5. The Kier molecular flexibility index (Phi) is 6.66. The Morgan fingerprint density at radius 3 is 2.06 bits per heavy atom. The van der Waals surface area contributed by atoms with E-state index in [2.05, 4.69) is 4.90 Å². The largest absolute Gasteiger partial charge is 0.370 e. The number of carbonyl (C=O) groups is 1. The summed E-state index contributed by atoms with van der Waals surface area (Å²) < 4.78 is 40.6. The molecule has 0 atom stereocenters. The number of piperidine rings is 3. The molecule has 1 amide bonds. The lowest BCUT2D eigenvalue weighted by Crippen LogP contribution is -2.47. The maximum atomic E-state index is 13.7. The molecule has 4 aliphatic rings. The van der Waals surface area contributed by atoms with Crippen LogP contribution in [0.5, 0.6) is 0 Å². The number of sulfonamides is 1. The first-order chi connectivity index (χ1) is 16.0. The molecule has 4 saturated heterocycles. The summed E-state index contributed by atoms with van der Waals surface area (Å²) in [6.45, 7) is 5.09. The average Bonchev–Trinajstić information content (AvgIpc) is 3.32. The van der Waals surface area contributed by atoms with Gasteiger partial charge in [-0.25, -0.2) is 8.42 Å². The van der Waals surface area contributed by atoms with E-state index in [9.17, 15) is 13.2 Å². The number of ether oxygens (including phenoxy) is 2. The fourth-order valence-electron chi connectivity index (χ4n) is 5.51. The Hall–Kier alpha value is -1.68. The van der Waals surface area contributed by atoms with Crippen LogP contribution in [0.2, 0.25) is 0 Å². The first-order valence-corrected chi connectivity index (χ1v) is 13.9. The molecule has 4 fully saturated rings. The van der Waals surface area contributed by atoms with Crippen molar-refractivity contribution in [1.82, 2.24) is 9.21 Å². The van der Waals surface area contributed by atoms with Gasteiger partial charge >= 0.3 is 0 Å². The molecule has 1 aromatic rings. The zero-order valence-electron chi connectivity index (χ0n) is 19.3. The van der Waals surface area contributed by atoms with Crippen LogP contribution < -0.4 is 4.90 Å². The highest BCUT2D eigenvalue weighted by atomic mass is 32.2. The lowest BCUT2D eigenvalue weighted by molar-refractivity contribution is -0.181. The molecule has 1 spiro atoms. The lowest BCUT2D eigenvalue weighted by Gasteiger charge is -2.37. The smallest absolute Gasteiger partial charge is 0.253 e. The summed E-state index contributed by atoms with van der Waals surface area (Å²) in [5.41, 5.74) is 1.18. The van der Waals surface area contributed by atoms with Crippen LogP contribution in [0.4, 0.5) is 5.69 Å². The van der Waals surface area contributed by atoms with Gasteiger partial charge < -0.3 is 19.3 Å². The normalized spacial score (nSPS) is 24.4. The molecular weight excluding hydrogens is 442 g/mol. The zero-order valence-corrected chi connectivity index (χ0v) is 20.2. The number of hydrogen-bond acceptors (Lipinski definition) is 6. The molecule has 4 heterocycles. The fraction of sp³-hybridized carbons (Fsp3) is 0.708. The van der Waals surface area contributed by atoms with Crippen LogP contribution in [-0.2, 0) is 19.5 Å².